The Bertz CT molecular complexity index is 149. The van der Waals surface area contributed by atoms with Gasteiger partial charge in [-0.05, 0) is 0 Å². The zero-order valence-electron chi connectivity index (χ0n) is 3.40. The van der Waals surface area contributed by atoms with Crippen LogP contribution < -0.4 is 0 Å². The van der Waals surface area contributed by atoms with E-state index in [2.05, 4.69) is 0 Å². The minimum atomic E-state index is -4.92. The summed E-state index contributed by atoms with van der Waals surface area (Å²) in [4.78, 5) is 0. The first kappa shape index (κ1) is 11.3. The van der Waals surface area contributed by atoms with Crippen molar-refractivity contribution in [2.24, 2.45) is 0 Å². The number of hydrogen-bond acceptors (Lipinski definition) is 5. The van der Waals surface area contributed by atoms with Crippen molar-refractivity contribution in [3.8, 4) is 0 Å². The third kappa shape index (κ3) is 730. The Morgan fingerprint density at radius 1 is 1.38 bits per heavy atom. The molecule has 0 saturated carbocycles. The Morgan fingerprint density at radius 2 is 1.38 bits per heavy atom. The molecule has 0 bridgehead atoms. The Morgan fingerprint density at radius 3 is 1.38 bits per heavy atom. The van der Waals surface area contributed by atoms with Gasteiger partial charge in [0.15, 0.2) is 0 Å². The molecule has 0 aliphatic rings. The second-order valence-corrected chi connectivity index (χ2v) is 2.06. The summed E-state index contributed by atoms with van der Waals surface area (Å²) in [6, 6.07) is 0. The summed E-state index contributed by atoms with van der Waals surface area (Å²) in [5.74, 6) is 0. The molecule has 8 heavy (non-hydrogen) atoms. The zero-order chi connectivity index (χ0) is 7.21. The van der Waals surface area contributed by atoms with E-state index in [4.69, 9.17) is 22.0 Å². The second kappa shape index (κ2) is 5.65. The van der Waals surface area contributed by atoms with Crippen LogP contribution in [0, 0.1) is 27.8 Å². The van der Waals surface area contributed by atoms with E-state index in [9.17, 15) is 0 Å². The van der Waals surface area contributed by atoms with Crippen LogP contribution in [0.4, 0.5) is 0 Å². The van der Waals surface area contributed by atoms with Crippen molar-refractivity contribution in [1.82, 2.24) is 0 Å². The molecule has 0 aromatic heterocycles. The summed E-state index contributed by atoms with van der Waals surface area (Å²) in [6.45, 7) is 0. The van der Waals surface area contributed by atoms with Crippen LogP contribution in [0.15, 0.2) is 0 Å². The van der Waals surface area contributed by atoms with Gasteiger partial charge < -0.3 is 4.55 Å². The minimum absolute atomic E-state index is 2.51. The normalized spacial score (nSPS) is 8.25. The molecule has 0 spiro atoms. The van der Waals surface area contributed by atoms with E-state index in [-0.39, 0.29) is 0 Å². The van der Waals surface area contributed by atoms with Crippen LogP contribution >= 0.6 is 0 Å². The van der Waals surface area contributed by atoms with Crippen molar-refractivity contribution in [2.75, 3.05) is 0 Å². The predicted molar refractivity (Wildman–Crippen MR) is 13.7 cm³/mol. The molecular weight excluding hydrogens is 366 g/mol. The number of rotatable bonds is 0. The van der Waals surface area contributed by atoms with Gasteiger partial charge >= 0.3 is 32.3 Å². The Balaban J connectivity index is 0. The first-order valence-electron chi connectivity index (χ1n) is 1.09. The molecule has 0 rings (SSSR count). The summed E-state index contributed by atoms with van der Waals surface area (Å²) in [5.41, 5.74) is 0. The van der Waals surface area contributed by atoms with Crippen molar-refractivity contribution in [3.63, 3.8) is 0 Å². The molecule has 48 valence electrons. The first-order chi connectivity index (χ1) is 3.41. The molecule has 0 saturated heterocycles. The third-order valence-electron chi connectivity index (χ3n) is 0. The Kier molecular flexibility index (Phi) is 8.01. The molecule has 6 nitrogen and oxygen atoms in total. The van der Waals surface area contributed by atoms with Crippen molar-refractivity contribution in [3.05, 3.63) is 0 Å². The summed E-state index contributed by atoms with van der Waals surface area (Å²) in [7, 11) is -4.92. The summed E-state index contributed by atoms with van der Waals surface area (Å²) >= 11 is -2.51. The molecule has 0 atom stereocenters. The second-order valence-electron chi connectivity index (χ2n) is 0.511. The average Bonchev–Trinajstić information content (AvgIpc) is 1.27. The van der Waals surface area contributed by atoms with E-state index < -0.39 is 38.2 Å². The standard InChI is InChI=1S/H2O4S.2O.U/c1-5(2,3)4;;;/h(H2,1,2,3,4);;;/p-1. The Hall–Kier alpha value is 0.522. The summed E-state index contributed by atoms with van der Waals surface area (Å²) in [6.07, 6.45) is 0. The van der Waals surface area contributed by atoms with Gasteiger partial charge in [0, 0.05) is 0 Å². The Labute approximate surface area is 60.1 Å². The molecule has 0 aromatic carbocycles. The van der Waals surface area contributed by atoms with Crippen molar-refractivity contribution >= 4 is 10.4 Å². The van der Waals surface area contributed by atoms with Gasteiger partial charge in [-0.15, -0.1) is 0 Å². The van der Waals surface area contributed by atoms with Gasteiger partial charge in [-0.2, -0.15) is 0 Å². The molecular formula is HO6SU-. The fraction of sp³-hybridized carbons (Fsp3) is 0. The van der Waals surface area contributed by atoms with Gasteiger partial charge in [-0.25, -0.2) is 8.42 Å². The van der Waals surface area contributed by atoms with E-state index in [1.807, 2.05) is 0 Å². The maximum atomic E-state index is 8.63. The molecule has 0 aliphatic carbocycles. The van der Waals surface area contributed by atoms with Crippen LogP contribution in [-0.4, -0.2) is 17.5 Å². The zero-order valence-corrected chi connectivity index (χ0v) is 8.38. The van der Waals surface area contributed by atoms with Gasteiger partial charge in [-0.3, -0.25) is 4.55 Å². The molecule has 0 aliphatic heterocycles. The first-order valence-corrected chi connectivity index (χ1v) is 5.86. The van der Waals surface area contributed by atoms with Gasteiger partial charge in [0.25, 0.3) is 0 Å². The molecule has 8 heteroatoms. The van der Waals surface area contributed by atoms with Crippen LogP contribution in [0.1, 0.15) is 0 Å². The fourth-order valence-electron chi connectivity index (χ4n) is 0. The topological polar surface area (TPSA) is 112 Å². The quantitative estimate of drug-likeness (QED) is 0.424. The van der Waals surface area contributed by atoms with E-state index in [0.29, 0.717) is 0 Å². The molecule has 0 aromatic rings. The van der Waals surface area contributed by atoms with E-state index in [1.165, 1.54) is 0 Å². The van der Waals surface area contributed by atoms with Crippen LogP contribution in [0.5, 0.6) is 0 Å². The monoisotopic (exact) mass is 367 g/mol. The van der Waals surface area contributed by atoms with Gasteiger partial charge in [-0.1, -0.05) is 0 Å². The van der Waals surface area contributed by atoms with Crippen LogP contribution in [0.2, 0.25) is 0 Å². The van der Waals surface area contributed by atoms with Gasteiger partial charge in [0.2, 0.25) is 10.4 Å². The fourth-order valence-corrected chi connectivity index (χ4v) is 0. The van der Waals surface area contributed by atoms with Crippen LogP contribution in [-0.2, 0) is 14.9 Å². The molecule has 0 radical (unpaired) electrons. The van der Waals surface area contributed by atoms with E-state index in [1.54, 1.807) is 0 Å². The third-order valence-corrected chi connectivity index (χ3v) is 0. The van der Waals surface area contributed by atoms with Gasteiger partial charge in [0.1, 0.15) is 0 Å². The van der Waals surface area contributed by atoms with Crippen molar-refractivity contribution in [1.29, 1.82) is 0 Å². The van der Waals surface area contributed by atoms with Crippen molar-refractivity contribution < 1.29 is 49.8 Å². The van der Waals surface area contributed by atoms with E-state index in [0.717, 1.165) is 0 Å². The summed E-state index contributed by atoms with van der Waals surface area (Å²) in [5, 5.41) is 0. The number of hydrogen-bond donors (Lipinski definition) is 1. The molecule has 0 heterocycles. The van der Waals surface area contributed by atoms with Crippen LogP contribution in [0.25, 0.3) is 0 Å². The van der Waals surface area contributed by atoms with Crippen molar-refractivity contribution in [2.45, 2.75) is 0 Å². The van der Waals surface area contributed by atoms with Crippen LogP contribution in [0.3, 0.4) is 0 Å². The summed E-state index contributed by atoms with van der Waals surface area (Å²) < 4.78 is 50.0. The van der Waals surface area contributed by atoms with E-state index >= 15 is 0 Å². The predicted octanol–water partition coefficient (Wildman–Crippen LogP) is -1.23. The molecule has 0 fully saturated rings. The average molecular weight is 367 g/mol. The molecule has 1 N–H and O–H groups in total. The molecule has 0 unspecified atom stereocenters. The van der Waals surface area contributed by atoms with Gasteiger partial charge in [0.05, 0.1) is 0 Å². The molecule has 0 amide bonds. The SMILES string of the molecule is O=S(=O)([O-])O.[O]=[U]=[O]. The maximum absolute atomic E-state index is 8.63.